The van der Waals surface area contributed by atoms with Crippen LogP contribution in [0.2, 0.25) is 0 Å². The Bertz CT molecular complexity index is 1230. The minimum atomic E-state index is -0.0418. The predicted molar refractivity (Wildman–Crippen MR) is 126 cm³/mol. The number of likely N-dealkylation sites (tertiary alicyclic amines) is 1. The van der Waals surface area contributed by atoms with Gasteiger partial charge in [0.05, 0.1) is 0 Å². The van der Waals surface area contributed by atoms with Gasteiger partial charge in [-0.25, -0.2) is 0 Å². The molecule has 0 unspecified atom stereocenters. The van der Waals surface area contributed by atoms with Crippen LogP contribution in [0.5, 0.6) is 5.75 Å². The highest BCUT2D eigenvalue weighted by atomic mass is 16.3. The maximum Gasteiger partial charge on any atom is 0.115 e. The summed E-state index contributed by atoms with van der Waals surface area (Å²) < 4.78 is 0. The number of phenols is 1. The van der Waals surface area contributed by atoms with Crippen LogP contribution in [0.3, 0.4) is 0 Å². The first kappa shape index (κ1) is 18.7. The molecule has 2 heterocycles. The molecule has 1 aliphatic heterocycles. The van der Waals surface area contributed by atoms with Crippen LogP contribution < -0.4 is 0 Å². The second-order valence-electron chi connectivity index (χ2n) is 9.24. The quantitative estimate of drug-likeness (QED) is 0.473. The summed E-state index contributed by atoms with van der Waals surface area (Å²) in [5.41, 5.74) is 6.70. The zero-order valence-electron chi connectivity index (χ0n) is 17.7. The molecular formula is C28H28N2O. The van der Waals surface area contributed by atoms with Gasteiger partial charge in [-0.2, -0.15) is 0 Å². The molecular weight excluding hydrogens is 380 g/mol. The lowest BCUT2D eigenvalue weighted by Gasteiger charge is -2.51. The normalized spacial score (nSPS) is 23.0. The number of phenolic OH excluding ortho intramolecular Hbond substituents is 1. The highest BCUT2D eigenvalue weighted by Crippen LogP contribution is 2.52. The van der Waals surface area contributed by atoms with E-state index >= 15 is 0 Å². The Balaban J connectivity index is 1.41. The molecule has 1 aromatic heterocycles. The first-order valence-corrected chi connectivity index (χ1v) is 11.4. The third-order valence-electron chi connectivity index (χ3n) is 7.56. The fraction of sp³-hybridized carbons (Fsp3) is 0.286. The van der Waals surface area contributed by atoms with Gasteiger partial charge in [-0.15, -0.1) is 0 Å². The van der Waals surface area contributed by atoms with Crippen molar-refractivity contribution in [2.45, 2.75) is 37.1 Å². The molecule has 0 radical (unpaired) electrons. The maximum absolute atomic E-state index is 10.3. The number of aromatic nitrogens is 1. The van der Waals surface area contributed by atoms with Crippen molar-refractivity contribution in [3.8, 4) is 5.75 Å². The van der Waals surface area contributed by atoms with Crippen molar-refractivity contribution in [1.29, 1.82) is 0 Å². The van der Waals surface area contributed by atoms with Crippen molar-refractivity contribution in [2.24, 2.45) is 0 Å². The van der Waals surface area contributed by atoms with E-state index in [-0.39, 0.29) is 5.41 Å². The Kier molecular flexibility index (Phi) is 4.39. The van der Waals surface area contributed by atoms with Crippen LogP contribution in [0.1, 0.15) is 35.2 Å². The maximum atomic E-state index is 10.3. The number of rotatable bonds is 4. The number of aromatic amines is 1. The Morgan fingerprint density at radius 2 is 1.81 bits per heavy atom. The molecule has 4 aromatic rings. The molecule has 2 N–H and O–H groups in total. The second kappa shape index (κ2) is 7.28. The van der Waals surface area contributed by atoms with E-state index in [1.807, 2.05) is 12.1 Å². The summed E-state index contributed by atoms with van der Waals surface area (Å²) in [6.45, 7) is 2.19. The van der Waals surface area contributed by atoms with Gasteiger partial charge in [0.15, 0.2) is 0 Å². The first-order chi connectivity index (χ1) is 15.2. The van der Waals surface area contributed by atoms with Gasteiger partial charge in [-0.1, -0.05) is 60.7 Å². The van der Waals surface area contributed by atoms with Crippen LogP contribution in [0.25, 0.3) is 10.9 Å². The summed E-state index contributed by atoms with van der Waals surface area (Å²) in [5, 5.41) is 11.6. The minimum absolute atomic E-state index is 0.0418. The third kappa shape index (κ3) is 3.07. The number of aromatic hydroxyl groups is 1. The van der Waals surface area contributed by atoms with Gasteiger partial charge >= 0.3 is 0 Å². The molecule has 6 rings (SSSR count). The standard InChI is InChI=1S/C28H28N2O/c31-23-10-6-9-21(17-23)28-14-16-30(15-13-20-7-2-1-3-8-20)22(19-28)18-26-27(28)24-11-4-5-12-25(24)29-26/h1-12,17,22,29,31H,13-16,18-19H2/t22-,28-/m0/s1. The molecule has 0 saturated carbocycles. The smallest absolute Gasteiger partial charge is 0.115 e. The summed E-state index contributed by atoms with van der Waals surface area (Å²) >= 11 is 0. The number of nitrogens with zero attached hydrogens (tertiary/aromatic N) is 1. The summed E-state index contributed by atoms with van der Waals surface area (Å²) in [6, 6.07) is 28.1. The highest BCUT2D eigenvalue weighted by molar-refractivity contribution is 5.87. The first-order valence-electron chi connectivity index (χ1n) is 11.4. The Labute approximate surface area is 183 Å². The zero-order valence-corrected chi connectivity index (χ0v) is 17.7. The zero-order chi connectivity index (χ0) is 20.8. The molecule has 2 atom stereocenters. The van der Waals surface area contributed by atoms with Crippen molar-refractivity contribution in [3.05, 3.63) is 101 Å². The van der Waals surface area contributed by atoms with Crippen LogP contribution in [-0.4, -0.2) is 34.1 Å². The number of fused-ring (bicyclic) bond motifs is 6. The molecule has 156 valence electrons. The van der Waals surface area contributed by atoms with E-state index in [9.17, 15) is 5.11 Å². The lowest BCUT2D eigenvalue weighted by Crippen LogP contribution is -2.53. The fourth-order valence-electron chi connectivity index (χ4n) is 6.13. The van der Waals surface area contributed by atoms with Gasteiger partial charge in [0, 0.05) is 41.0 Å². The van der Waals surface area contributed by atoms with E-state index in [2.05, 4.69) is 70.5 Å². The number of benzene rings is 3. The Morgan fingerprint density at radius 1 is 0.968 bits per heavy atom. The SMILES string of the molecule is Oc1cccc([C@@]23CCN(CCc4ccccc4)[C@@H](Cc4[nH]c5ccccc5c42)C3)c1. The highest BCUT2D eigenvalue weighted by Gasteiger charge is 2.48. The summed E-state index contributed by atoms with van der Waals surface area (Å²) in [6.07, 6.45) is 4.35. The van der Waals surface area contributed by atoms with E-state index in [0.717, 1.165) is 38.8 Å². The minimum Gasteiger partial charge on any atom is -0.508 e. The topological polar surface area (TPSA) is 39.3 Å². The molecule has 1 aliphatic carbocycles. The largest absolute Gasteiger partial charge is 0.508 e. The van der Waals surface area contributed by atoms with Crippen molar-refractivity contribution in [2.75, 3.05) is 13.1 Å². The van der Waals surface area contributed by atoms with Crippen LogP contribution >= 0.6 is 0 Å². The molecule has 1 fully saturated rings. The average Bonchev–Trinajstić information content (AvgIpc) is 3.18. The number of H-pyrrole nitrogens is 1. The van der Waals surface area contributed by atoms with Crippen molar-refractivity contribution in [1.82, 2.24) is 9.88 Å². The molecule has 0 amide bonds. The molecule has 31 heavy (non-hydrogen) atoms. The second-order valence-corrected chi connectivity index (χ2v) is 9.24. The lowest BCUT2D eigenvalue weighted by atomic mass is 9.61. The molecule has 1 saturated heterocycles. The monoisotopic (exact) mass is 408 g/mol. The van der Waals surface area contributed by atoms with Gasteiger partial charge in [-0.3, -0.25) is 4.90 Å². The molecule has 2 aliphatic rings. The molecule has 3 nitrogen and oxygen atoms in total. The van der Waals surface area contributed by atoms with E-state index in [1.165, 1.54) is 33.3 Å². The van der Waals surface area contributed by atoms with Gasteiger partial charge < -0.3 is 10.1 Å². The molecule has 0 spiro atoms. The number of para-hydroxylation sites is 1. The predicted octanol–water partition coefficient (Wildman–Crippen LogP) is 5.42. The van der Waals surface area contributed by atoms with Crippen LogP contribution in [0, 0.1) is 0 Å². The van der Waals surface area contributed by atoms with Gasteiger partial charge in [0.25, 0.3) is 0 Å². The summed E-state index contributed by atoms with van der Waals surface area (Å²) in [5.74, 6) is 0.363. The number of nitrogens with one attached hydrogen (secondary N) is 1. The molecule has 3 aromatic carbocycles. The van der Waals surface area contributed by atoms with E-state index in [1.54, 1.807) is 6.07 Å². The Morgan fingerprint density at radius 3 is 2.68 bits per heavy atom. The Hall–Kier alpha value is -3.04. The number of hydrogen-bond acceptors (Lipinski definition) is 2. The average molecular weight is 409 g/mol. The van der Waals surface area contributed by atoms with Gasteiger partial charge in [0.1, 0.15) is 5.75 Å². The van der Waals surface area contributed by atoms with Crippen LogP contribution in [0.15, 0.2) is 78.9 Å². The summed E-state index contributed by atoms with van der Waals surface area (Å²) in [7, 11) is 0. The number of hydrogen-bond donors (Lipinski definition) is 2. The van der Waals surface area contributed by atoms with E-state index in [0.29, 0.717) is 11.8 Å². The summed E-state index contributed by atoms with van der Waals surface area (Å²) in [4.78, 5) is 6.46. The van der Waals surface area contributed by atoms with Crippen molar-refractivity contribution >= 4 is 10.9 Å². The van der Waals surface area contributed by atoms with Crippen LogP contribution in [0.4, 0.5) is 0 Å². The van der Waals surface area contributed by atoms with Crippen molar-refractivity contribution < 1.29 is 5.11 Å². The van der Waals surface area contributed by atoms with Gasteiger partial charge in [-0.05, 0) is 60.7 Å². The van der Waals surface area contributed by atoms with Gasteiger partial charge in [0.2, 0.25) is 0 Å². The lowest BCUT2D eigenvalue weighted by molar-refractivity contribution is 0.0970. The number of piperidine rings is 1. The van der Waals surface area contributed by atoms with E-state index < -0.39 is 0 Å². The third-order valence-corrected chi connectivity index (χ3v) is 7.56. The van der Waals surface area contributed by atoms with Crippen LogP contribution in [-0.2, 0) is 18.3 Å². The van der Waals surface area contributed by atoms with Crippen molar-refractivity contribution in [3.63, 3.8) is 0 Å². The molecule has 3 heteroatoms. The fourth-order valence-corrected chi connectivity index (χ4v) is 6.13. The van der Waals surface area contributed by atoms with E-state index in [4.69, 9.17) is 0 Å². The molecule has 2 bridgehead atoms.